The maximum absolute atomic E-state index is 10.6. The topological polar surface area (TPSA) is 118 Å². The first kappa shape index (κ1) is 14.0. The number of nitrogens with one attached hydrogen (secondary N) is 1. The second-order valence-corrected chi connectivity index (χ2v) is 3.60. The number of phenolic OH excluding ortho intramolecular Hbond substituents is 1. The molecule has 7 heteroatoms. The Bertz CT molecular complexity index is 458. The predicted molar refractivity (Wildman–Crippen MR) is 65.1 cm³/mol. The molecule has 0 bridgehead atoms. The van der Waals surface area contributed by atoms with E-state index in [0.717, 1.165) is 0 Å². The van der Waals surface area contributed by atoms with Crippen molar-refractivity contribution in [3.05, 3.63) is 39.8 Å². The molecule has 0 spiro atoms. The fourth-order valence-electron chi connectivity index (χ4n) is 1.41. The van der Waals surface area contributed by atoms with Crippen LogP contribution in [0.25, 0.3) is 10.4 Å². The van der Waals surface area contributed by atoms with Crippen LogP contribution in [0.5, 0.6) is 5.75 Å². The number of aromatic hydroxyl groups is 1. The van der Waals surface area contributed by atoms with Crippen LogP contribution in [0, 0.1) is 0 Å². The second kappa shape index (κ2) is 7.29. The smallest absolute Gasteiger partial charge is 0.150 e. The van der Waals surface area contributed by atoms with E-state index in [0.29, 0.717) is 31.4 Å². The lowest BCUT2D eigenvalue weighted by atomic mass is 10.1. The molecule has 0 aliphatic heterocycles. The van der Waals surface area contributed by atoms with Crippen molar-refractivity contribution in [3.63, 3.8) is 0 Å². The monoisotopic (exact) mass is 250 g/mol. The van der Waals surface area contributed by atoms with Crippen LogP contribution >= 0.6 is 0 Å². The summed E-state index contributed by atoms with van der Waals surface area (Å²) in [5.41, 5.74) is 8.68. The van der Waals surface area contributed by atoms with Gasteiger partial charge in [0.05, 0.1) is 0 Å². The lowest BCUT2D eigenvalue weighted by Gasteiger charge is -2.14. The van der Waals surface area contributed by atoms with Gasteiger partial charge in [0, 0.05) is 22.6 Å². The first-order chi connectivity index (χ1) is 8.69. The van der Waals surface area contributed by atoms with Gasteiger partial charge in [-0.25, -0.2) is 0 Å². The Hall–Kier alpha value is -2.08. The molecule has 0 aliphatic carbocycles. The molecule has 0 fully saturated rings. The van der Waals surface area contributed by atoms with E-state index < -0.39 is 6.23 Å². The van der Waals surface area contributed by atoms with Gasteiger partial charge in [-0.2, -0.15) is 0 Å². The van der Waals surface area contributed by atoms with E-state index in [2.05, 4.69) is 15.3 Å². The molecule has 1 unspecified atom stereocenters. The fourth-order valence-corrected chi connectivity index (χ4v) is 1.41. The Balaban J connectivity index is 2.57. The summed E-state index contributed by atoms with van der Waals surface area (Å²) in [5.74, 6) is -0.0874. The van der Waals surface area contributed by atoms with Crippen LogP contribution in [0.3, 0.4) is 0 Å². The zero-order chi connectivity index (χ0) is 13.4. The Morgan fingerprint density at radius 3 is 3.00 bits per heavy atom. The van der Waals surface area contributed by atoms with Gasteiger partial charge in [0.1, 0.15) is 18.3 Å². The predicted octanol–water partition coefficient (Wildman–Crippen LogP) is 1.49. The lowest BCUT2D eigenvalue weighted by molar-refractivity contribution is 0.112. The number of aliphatic hydroxyl groups excluding tert-OH is 1. The molecule has 0 aliphatic rings. The van der Waals surface area contributed by atoms with Crippen molar-refractivity contribution in [2.45, 2.75) is 12.6 Å². The minimum atomic E-state index is -1.07. The summed E-state index contributed by atoms with van der Waals surface area (Å²) < 4.78 is 0. The third-order valence-corrected chi connectivity index (χ3v) is 2.32. The Morgan fingerprint density at radius 2 is 2.33 bits per heavy atom. The summed E-state index contributed by atoms with van der Waals surface area (Å²) in [6.07, 6.45) is 0.128. The SMILES string of the molecule is [N-]=[N+]=NCCCNC(O)c1cc(C=O)ccc1O. The van der Waals surface area contributed by atoms with Crippen molar-refractivity contribution in [3.8, 4) is 5.75 Å². The highest BCUT2D eigenvalue weighted by Gasteiger charge is 2.11. The van der Waals surface area contributed by atoms with Crippen LogP contribution in [0.2, 0.25) is 0 Å². The average molecular weight is 250 g/mol. The highest BCUT2D eigenvalue weighted by Crippen LogP contribution is 2.23. The molecular weight excluding hydrogens is 236 g/mol. The number of hydrogen-bond acceptors (Lipinski definition) is 5. The maximum atomic E-state index is 10.6. The summed E-state index contributed by atoms with van der Waals surface area (Å²) in [6.45, 7) is 0.752. The van der Waals surface area contributed by atoms with Crippen molar-refractivity contribution in [1.82, 2.24) is 5.32 Å². The van der Waals surface area contributed by atoms with Gasteiger partial charge < -0.3 is 10.2 Å². The molecule has 1 atom stereocenters. The molecule has 0 radical (unpaired) electrons. The summed E-state index contributed by atoms with van der Waals surface area (Å²) >= 11 is 0. The van der Waals surface area contributed by atoms with Crippen LogP contribution in [0.4, 0.5) is 0 Å². The molecule has 18 heavy (non-hydrogen) atoms. The molecule has 7 nitrogen and oxygen atoms in total. The Kier molecular flexibility index (Phi) is 5.66. The summed E-state index contributed by atoms with van der Waals surface area (Å²) in [4.78, 5) is 13.2. The van der Waals surface area contributed by atoms with Gasteiger partial charge >= 0.3 is 0 Å². The average Bonchev–Trinajstić information content (AvgIpc) is 2.39. The number of aldehydes is 1. The van der Waals surface area contributed by atoms with Gasteiger partial charge in [-0.3, -0.25) is 10.1 Å². The normalized spacial score (nSPS) is 11.6. The molecule has 0 saturated carbocycles. The van der Waals surface area contributed by atoms with Gasteiger partial charge in [0.2, 0.25) is 0 Å². The number of carbonyl (C=O) groups excluding carboxylic acids is 1. The standard InChI is InChI=1S/C11H14N4O3/c12-15-14-5-1-4-13-11(18)9-6-8(7-16)2-3-10(9)17/h2-3,6-7,11,13,17-18H,1,4-5H2. The molecule has 0 saturated heterocycles. The molecule has 3 N–H and O–H groups in total. The third kappa shape index (κ3) is 4.06. The van der Waals surface area contributed by atoms with Crippen LogP contribution in [0.15, 0.2) is 23.3 Å². The summed E-state index contributed by atoms with van der Waals surface area (Å²) in [5, 5.41) is 25.4. The number of nitrogens with zero attached hydrogens (tertiary/aromatic N) is 3. The zero-order valence-corrected chi connectivity index (χ0v) is 9.65. The van der Waals surface area contributed by atoms with Gasteiger partial charge in [-0.05, 0) is 36.7 Å². The first-order valence-electron chi connectivity index (χ1n) is 5.39. The van der Waals surface area contributed by atoms with Crippen LogP contribution < -0.4 is 5.32 Å². The maximum Gasteiger partial charge on any atom is 0.150 e. The number of azide groups is 1. The number of aliphatic hydroxyl groups is 1. The minimum Gasteiger partial charge on any atom is -0.508 e. The van der Waals surface area contributed by atoms with Gasteiger partial charge in [-0.15, -0.1) is 0 Å². The van der Waals surface area contributed by atoms with Crippen molar-refractivity contribution in [1.29, 1.82) is 0 Å². The quantitative estimate of drug-likeness (QED) is 0.169. The molecule has 0 aromatic heterocycles. The Morgan fingerprint density at radius 1 is 1.56 bits per heavy atom. The van der Waals surface area contributed by atoms with Gasteiger partial charge in [0.15, 0.2) is 0 Å². The zero-order valence-electron chi connectivity index (χ0n) is 9.65. The minimum absolute atomic E-state index is 0.0874. The van der Waals surface area contributed by atoms with Crippen molar-refractivity contribution in [2.24, 2.45) is 5.11 Å². The molecule has 1 aromatic carbocycles. The highest BCUT2D eigenvalue weighted by molar-refractivity contribution is 5.75. The van der Waals surface area contributed by atoms with Crippen LogP contribution in [-0.2, 0) is 0 Å². The van der Waals surface area contributed by atoms with E-state index in [-0.39, 0.29) is 11.3 Å². The largest absolute Gasteiger partial charge is 0.508 e. The molecule has 0 heterocycles. The molecule has 1 rings (SSSR count). The lowest BCUT2D eigenvalue weighted by Crippen LogP contribution is -2.22. The highest BCUT2D eigenvalue weighted by atomic mass is 16.3. The number of carbonyl (C=O) groups is 1. The fraction of sp³-hybridized carbons (Fsp3) is 0.364. The van der Waals surface area contributed by atoms with E-state index >= 15 is 0 Å². The molecular formula is C11H14N4O3. The Labute approximate surface area is 104 Å². The second-order valence-electron chi connectivity index (χ2n) is 3.60. The van der Waals surface area contributed by atoms with Crippen molar-refractivity contribution in [2.75, 3.05) is 13.1 Å². The van der Waals surface area contributed by atoms with Gasteiger partial charge in [-0.1, -0.05) is 5.11 Å². The number of rotatable bonds is 7. The van der Waals surface area contributed by atoms with E-state index in [1.54, 1.807) is 0 Å². The van der Waals surface area contributed by atoms with Gasteiger partial charge in [0.25, 0.3) is 0 Å². The first-order valence-corrected chi connectivity index (χ1v) is 5.39. The van der Waals surface area contributed by atoms with Crippen LogP contribution in [-0.4, -0.2) is 29.6 Å². The van der Waals surface area contributed by atoms with Crippen molar-refractivity contribution < 1.29 is 15.0 Å². The number of hydrogen-bond donors (Lipinski definition) is 3. The molecule has 0 amide bonds. The summed E-state index contributed by atoms with van der Waals surface area (Å²) in [7, 11) is 0. The van der Waals surface area contributed by atoms with Crippen LogP contribution in [0.1, 0.15) is 28.6 Å². The third-order valence-electron chi connectivity index (χ3n) is 2.32. The molecule has 96 valence electrons. The van der Waals surface area contributed by atoms with E-state index in [9.17, 15) is 15.0 Å². The number of phenols is 1. The molecule has 1 aromatic rings. The number of benzene rings is 1. The van der Waals surface area contributed by atoms with E-state index in [1.807, 2.05) is 0 Å². The van der Waals surface area contributed by atoms with Crippen molar-refractivity contribution >= 4 is 6.29 Å². The summed E-state index contributed by atoms with van der Waals surface area (Å²) in [6, 6.07) is 4.22. The van der Waals surface area contributed by atoms with E-state index in [4.69, 9.17) is 5.53 Å². The van der Waals surface area contributed by atoms with E-state index in [1.165, 1.54) is 18.2 Å².